The molecule has 0 radical (unpaired) electrons. The van der Waals surface area contributed by atoms with Gasteiger partial charge in [0.1, 0.15) is 6.33 Å². The lowest BCUT2D eigenvalue weighted by Gasteiger charge is -2.14. The molecule has 1 aromatic carbocycles. The molecule has 2 aromatic heterocycles. The summed E-state index contributed by atoms with van der Waals surface area (Å²) in [6, 6.07) is 4.07. The maximum absolute atomic E-state index is 13.5. The molecule has 0 fully saturated rings. The minimum Gasteiger partial charge on any atom is -0.320 e. The summed E-state index contributed by atoms with van der Waals surface area (Å²) in [6.45, 7) is 0. The van der Waals surface area contributed by atoms with E-state index in [0.29, 0.717) is 18.0 Å². The highest BCUT2D eigenvalue weighted by Gasteiger charge is 2.21. The van der Waals surface area contributed by atoms with Crippen LogP contribution in [0, 0.1) is 11.6 Å². The average Bonchev–Trinajstić information content (AvgIpc) is 3.18. The Morgan fingerprint density at radius 1 is 1.19 bits per heavy atom. The van der Waals surface area contributed by atoms with Crippen LogP contribution < -0.4 is 5.32 Å². The molecule has 2 N–H and O–H groups in total. The fourth-order valence-electron chi connectivity index (χ4n) is 2.17. The van der Waals surface area contributed by atoms with Crippen LogP contribution in [0.25, 0.3) is 5.82 Å². The minimum atomic E-state index is -1.30. The molecule has 0 saturated heterocycles. The van der Waals surface area contributed by atoms with Gasteiger partial charge in [0.2, 0.25) is 0 Å². The Kier molecular flexibility index (Phi) is 4.86. The van der Waals surface area contributed by atoms with E-state index in [4.69, 9.17) is 0 Å². The Balaban J connectivity index is 1.87. The van der Waals surface area contributed by atoms with Crippen LogP contribution in [-0.2, 0) is 0 Å². The number of imidazole rings is 1. The van der Waals surface area contributed by atoms with Crippen molar-refractivity contribution in [1.29, 1.82) is 0 Å². The number of amides is 2. The van der Waals surface area contributed by atoms with Gasteiger partial charge in [0.05, 0.1) is 11.3 Å². The molecule has 0 unspecified atom stereocenters. The Morgan fingerprint density at radius 2 is 1.93 bits per heavy atom. The number of hydroxylamine groups is 2. The quantitative estimate of drug-likeness (QED) is 0.530. The van der Waals surface area contributed by atoms with Gasteiger partial charge in [-0.25, -0.2) is 18.8 Å². The molecule has 0 saturated carbocycles. The number of hydrogen-bond acceptors (Lipinski definition) is 6. The average molecular weight is 374 g/mol. The minimum absolute atomic E-state index is 0.126. The Hall–Kier alpha value is -3.73. The van der Waals surface area contributed by atoms with Crippen LogP contribution in [0.2, 0.25) is 0 Å². The van der Waals surface area contributed by atoms with E-state index in [1.165, 1.54) is 18.5 Å². The van der Waals surface area contributed by atoms with Gasteiger partial charge in [-0.15, -0.1) is 10.2 Å². The molecule has 0 aliphatic heterocycles. The second-order valence-corrected chi connectivity index (χ2v) is 5.34. The normalized spacial score (nSPS) is 10.5. The molecule has 138 valence electrons. The number of nitrogens with one attached hydrogen (secondary N) is 1. The maximum Gasteiger partial charge on any atom is 0.279 e. The second-order valence-electron chi connectivity index (χ2n) is 5.34. The van der Waals surface area contributed by atoms with Gasteiger partial charge in [0.15, 0.2) is 23.1 Å². The molecule has 0 atom stereocenters. The standard InChI is InChI=1S/C16H12F2N6O3/c1-23(27)16(26)9-6-10(17)11(18)7-13(9)20-15(25)12-2-3-14(22-21-12)24-5-4-19-8-24/h2-8,27H,1H3,(H,20,25). The SMILES string of the molecule is CN(O)C(=O)c1cc(F)c(F)cc1NC(=O)c1ccc(-n2ccnc2)nn1. The van der Waals surface area contributed by atoms with Crippen LogP contribution in [0.5, 0.6) is 0 Å². The summed E-state index contributed by atoms with van der Waals surface area (Å²) in [4.78, 5) is 28.1. The second kappa shape index (κ2) is 7.25. The van der Waals surface area contributed by atoms with Crippen molar-refractivity contribution in [3.63, 3.8) is 0 Å². The van der Waals surface area contributed by atoms with Crippen LogP contribution in [0.1, 0.15) is 20.8 Å². The van der Waals surface area contributed by atoms with Crippen LogP contribution in [0.15, 0.2) is 43.0 Å². The summed E-state index contributed by atoms with van der Waals surface area (Å²) in [5.74, 6) is -4.01. The number of aromatic nitrogens is 4. The zero-order valence-corrected chi connectivity index (χ0v) is 13.8. The number of anilines is 1. The number of nitrogens with zero attached hydrogens (tertiary/aromatic N) is 5. The summed E-state index contributed by atoms with van der Waals surface area (Å²) in [6.07, 6.45) is 4.67. The lowest BCUT2D eigenvalue weighted by Crippen LogP contribution is -2.25. The summed E-state index contributed by atoms with van der Waals surface area (Å²) in [5, 5.41) is 19.3. The van der Waals surface area contributed by atoms with E-state index in [1.54, 1.807) is 17.0 Å². The summed E-state index contributed by atoms with van der Waals surface area (Å²) >= 11 is 0. The fourth-order valence-corrected chi connectivity index (χ4v) is 2.17. The van der Waals surface area contributed by atoms with Gasteiger partial charge in [-0.1, -0.05) is 0 Å². The molecule has 3 aromatic rings. The third-order valence-electron chi connectivity index (χ3n) is 3.49. The third kappa shape index (κ3) is 3.77. The van der Waals surface area contributed by atoms with Gasteiger partial charge >= 0.3 is 0 Å². The van der Waals surface area contributed by atoms with Crippen molar-refractivity contribution in [2.45, 2.75) is 0 Å². The van der Waals surface area contributed by atoms with Gasteiger partial charge in [0.25, 0.3) is 11.8 Å². The predicted molar refractivity (Wildman–Crippen MR) is 87.3 cm³/mol. The first kappa shape index (κ1) is 18.1. The Morgan fingerprint density at radius 3 is 2.52 bits per heavy atom. The van der Waals surface area contributed by atoms with Gasteiger partial charge in [0, 0.05) is 25.5 Å². The number of halogens is 2. The van der Waals surface area contributed by atoms with E-state index in [2.05, 4.69) is 20.5 Å². The van der Waals surface area contributed by atoms with E-state index in [-0.39, 0.29) is 16.4 Å². The van der Waals surface area contributed by atoms with E-state index in [1.807, 2.05) is 0 Å². The molecule has 0 aliphatic carbocycles. The van der Waals surface area contributed by atoms with E-state index >= 15 is 0 Å². The smallest absolute Gasteiger partial charge is 0.279 e. The van der Waals surface area contributed by atoms with Crippen molar-refractivity contribution in [2.24, 2.45) is 0 Å². The first-order chi connectivity index (χ1) is 12.9. The van der Waals surface area contributed by atoms with Crippen molar-refractivity contribution >= 4 is 17.5 Å². The van der Waals surface area contributed by atoms with Crippen molar-refractivity contribution in [1.82, 2.24) is 24.8 Å². The summed E-state index contributed by atoms with van der Waals surface area (Å²) < 4.78 is 28.6. The molecule has 0 bridgehead atoms. The van der Waals surface area contributed by atoms with Crippen molar-refractivity contribution in [3.05, 3.63) is 65.9 Å². The van der Waals surface area contributed by atoms with Crippen LogP contribution in [-0.4, -0.2) is 48.9 Å². The van der Waals surface area contributed by atoms with Gasteiger partial charge < -0.3 is 5.32 Å². The Bertz CT molecular complexity index is 990. The van der Waals surface area contributed by atoms with E-state index in [9.17, 15) is 23.6 Å². The third-order valence-corrected chi connectivity index (χ3v) is 3.49. The van der Waals surface area contributed by atoms with Crippen LogP contribution in [0.3, 0.4) is 0 Å². The lowest BCUT2D eigenvalue weighted by molar-refractivity contribution is -0.0374. The first-order valence-corrected chi connectivity index (χ1v) is 7.46. The molecule has 2 amide bonds. The van der Waals surface area contributed by atoms with Crippen LogP contribution >= 0.6 is 0 Å². The zero-order valence-electron chi connectivity index (χ0n) is 13.8. The molecule has 27 heavy (non-hydrogen) atoms. The largest absolute Gasteiger partial charge is 0.320 e. The molecule has 0 spiro atoms. The first-order valence-electron chi connectivity index (χ1n) is 7.46. The number of benzene rings is 1. The molecule has 3 rings (SSSR count). The molecular weight excluding hydrogens is 362 g/mol. The number of rotatable bonds is 4. The molecule has 9 nitrogen and oxygen atoms in total. The van der Waals surface area contributed by atoms with Gasteiger partial charge in [-0.05, 0) is 18.2 Å². The van der Waals surface area contributed by atoms with Crippen LogP contribution in [0.4, 0.5) is 14.5 Å². The van der Waals surface area contributed by atoms with Crippen molar-refractivity contribution in [2.75, 3.05) is 12.4 Å². The van der Waals surface area contributed by atoms with E-state index in [0.717, 1.165) is 7.05 Å². The van der Waals surface area contributed by atoms with Gasteiger partial charge in [-0.2, -0.15) is 0 Å². The fraction of sp³-hybridized carbons (Fsp3) is 0.0625. The van der Waals surface area contributed by atoms with Crippen molar-refractivity contribution < 1.29 is 23.6 Å². The topological polar surface area (TPSA) is 113 Å². The lowest BCUT2D eigenvalue weighted by atomic mass is 10.1. The molecular formula is C16H12F2N6O3. The Labute approximate surface area is 150 Å². The number of carbonyl (C=O) groups excluding carboxylic acids is 2. The highest BCUT2D eigenvalue weighted by molar-refractivity contribution is 6.07. The number of carbonyl (C=O) groups is 2. The molecule has 11 heteroatoms. The summed E-state index contributed by atoms with van der Waals surface area (Å²) in [5.41, 5.74) is -0.889. The van der Waals surface area contributed by atoms with Gasteiger partial charge in [-0.3, -0.25) is 19.4 Å². The predicted octanol–water partition coefficient (Wildman–Crippen LogP) is 1.65. The molecule has 2 heterocycles. The maximum atomic E-state index is 13.5. The monoisotopic (exact) mass is 374 g/mol. The van der Waals surface area contributed by atoms with E-state index < -0.39 is 29.0 Å². The molecule has 0 aliphatic rings. The highest BCUT2D eigenvalue weighted by Crippen LogP contribution is 2.22. The highest BCUT2D eigenvalue weighted by atomic mass is 19.2. The summed E-state index contributed by atoms with van der Waals surface area (Å²) in [7, 11) is 1.01. The van der Waals surface area contributed by atoms with Crippen molar-refractivity contribution in [3.8, 4) is 5.82 Å². The number of hydrogen-bond donors (Lipinski definition) is 2. The zero-order chi connectivity index (χ0) is 19.6.